The van der Waals surface area contributed by atoms with Gasteiger partial charge < -0.3 is 14.6 Å². The molecule has 1 aromatic heterocycles. The SMILES string of the molecule is O=C(C[C@@H]1CCOC1)NCCCn1ccccc1=O. The van der Waals surface area contributed by atoms with Gasteiger partial charge in [0.15, 0.2) is 0 Å². The third-order valence-corrected chi connectivity index (χ3v) is 3.30. The molecule has 0 radical (unpaired) electrons. The zero-order chi connectivity index (χ0) is 13.5. The van der Waals surface area contributed by atoms with Gasteiger partial charge in [-0.15, -0.1) is 0 Å². The molecule has 1 saturated heterocycles. The summed E-state index contributed by atoms with van der Waals surface area (Å²) in [6.45, 7) is 2.71. The van der Waals surface area contributed by atoms with E-state index in [4.69, 9.17) is 4.74 Å². The second-order valence-corrected chi connectivity index (χ2v) is 4.87. The number of hydrogen-bond donors (Lipinski definition) is 1. The monoisotopic (exact) mass is 264 g/mol. The van der Waals surface area contributed by atoms with Crippen LogP contribution in [0.2, 0.25) is 0 Å². The molecule has 0 bridgehead atoms. The number of aromatic nitrogens is 1. The molecule has 0 saturated carbocycles. The highest BCUT2D eigenvalue weighted by atomic mass is 16.5. The number of ether oxygens (including phenoxy) is 1. The Morgan fingerprint density at radius 3 is 3.11 bits per heavy atom. The molecule has 1 aliphatic heterocycles. The van der Waals surface area contributed by atoms with E-state index in [1.54, 1.807) is 22.9 Å². The van der Waals surface area contributed by atoms with Crippen LogP contribution >= 0.6 is 0 Å². The second kappa shape index (κ2) is 7.09. The Kier molecular flexibility index (Phi) is 5.15. The first-order chi connectivity index (χ1) is 9.25. The van der Waals surface area contributed by atoms with Gasteiger partial charge in [-0.05, 0) is 24.8 Å². The Morgan fingerprint density at radius 2 is 2.37 bits per heavy atom. The lowest BCUT2D eigenvalue weighted by Crippen LogP contribution is -2.28. The molecule has 1 fully saturated rings. The average molecular weight is 264 g/mol. The van der Waals surface area contributed by atoms with Gasteiger partial charge >= 0.3 is 0 Å². The molecule has 19 heavy (non-hydrogen) atoms. The van der Waals surface area contributed by atoms with Crippen molar-refractivity contribution in [3.63, 3.8) is 0 Å². The average Bonchev–Trinajstić information content (AvgIpc) is 2.89. The van der Waals surface area contributed by atoms with Crippen LogP contribution in [0.5, 0.6) is 0 Å². The van der Waals surface area contributed by atoms with Gasteiger partial charge in [-0.3, -0.25) is 9.59 Å². The molecule has 0 aromatic carbocycles. The van der Waals surface area contributed by atoms with Gasteiger partial charge in [-0.2, -0.15) is 0 Å². The lowest BCUT2D eigenvalue weighted by Gasteiger charge is -2.09. The van der Waals surface area contributed by atoms with Gasteiger partial charge in [-0.25, -0.2) is 0 Å². The quantitative estimate of drug-likeness (QED) is 0.772. The van der Waals surface area contributed by atoms with E-state index in [-0.39, 0.29) is 11.5 Å². The highest BCUT2D eigenvalue weighted by Crippen LogP contribution is 2.15. The van der Waals surface area contributed by atoms with E-state index in [1.807, 2.05) is 6.07 Å². The molecular weight excluding hydrogens is 244 g/mol. The van der Waals surface area contributed by atoms with Gasteiger partial charge in [0.1, 0.15) is 0 Å². The Balaban J connectivity index is 1.62. The van der Waals surface area contributed by atoms with Crippen molar-refractivity contribution >= 4 is 5.91 Å². The molecule has 0 unspecified atom stereocenters. The van der Waals surface area contributed by atoms with Crippen molar-refractivity contribution < 1.29 is 9.53 Å². The van der Waals surface area contributed by atoms with Crippen LogP contribution in [0, 0.1) is 5.92 Å². The van der Waals surface area contributed by atoms with Crippen LogP contribution in [0.1, 0.15) is 19.3 Å². The molecule has 1 aromatic rings. The summed E-state index contributed by atoms with van der Waals surface area (Å²) < 4.78 is 6.89. The maximum atomic E-state index is 11.6. The number of hydrogen-bond acceptors (Lipinski definition) is 3. The van der Waals surface area contributed by atoms with E-state index < -0.39 is 0 Å². The van der Waals surface area contributed by atoms with Crippen LogP contribution in [0.3, 0.4) is 0 Å². The lowest BCUT2D eigenvalue weighted by molar-refractivity contribution is -0.122. The van der Waals surface area contributed by atoms with E-state index in [0.29, 0.717) is 32.0 Å². The number of rotatable bonds is 6. The number of nitrogens with one attached hydrogen (secondary N) is 1. The first-order valence-corrected chi connectivity index (χ1v) is 6.75. The van der Waals surface area contributed by atoms with E-state index in [9.17, 15) is 9.59 Å². The topological polar surface area (TPSA) is 60.3 Å². The molecule has 1 atom stereocenters. The number of carbonyl (C=O) groups is 1. The zero-order valence-electron chi connectivity index (χ0n) is 11.0. The van der Waals surface area contributed by atoms with Crippen molar-refractivity contribution in [1.82, 2.24) is 9.88 Å². The molecule has 1 aliphatic rings. The van der Waals surface area contributed by atoms with Crippen LogP contribution < -0.4 is 10.9 Å². The highest BCUT2D eigenvalue weighted by molar-refractivity contribution is 5.76. The third kappa shape index (κ3) is 4.52. The smallest absolute Gasteiger partial charge is 0.250 e. The largest absolute Gasteiger partial charge is 0.381 e. The predicted molar refractivity (Wildman–Crippen MR) is 71.9 cm³/mol. The van der Waals surface area contributed by atoms with Gasteiger partial charge in [0, 0.05) is 45.0 Å². The van der Waals surface area contributed by atoms with Crippen molar-refractivity contribution in [3.05, 3.63) is 34.7 Å². The van der Waals surface area contributed by atoms with Crippen LogP contribution in [-0.4, -0.2) is 30.2 Å². The summed E-state index contributed by atoms with van der Waals surface area (Å²) >= 11 is 0. The van der Waals surface area contributed by atoms with E-state index in [2.05, 4.69) is 5.32 Å². The second-order valence-electron chi connectivity index (χ2n) is 4.87. The van der Waals surface area contributed by atoms with Crippen molar-refractivity contribution in [2.75, 3.05) is 19.8 Å². The van der Waals surface area contributed by atoms with Crippen LogP contribution in [0.4, 0.5) is 0 Å². The molecule has 0 aliphatic carbocycles. The minimum absolute atomic E-state index is 0.00284. The van der Waals surface area contributed by atoms with Crippen molar-refractivity contribution in [1.29, 1.82) is 0 Å². The van der Waals surface area contributed by atoms with Gasteiger partial charge in [0.25, 0.3) is 0 Å². The number of aryl methyl sites for hydroxylation is 1. The maximum Gasteiger partial charge on any atom is 0.250 e. The van der Waals surface area contributed by atoms with Crippen molar-refractivity contribution in [2.24, 2.45) is 5.92 Å². The predicted octanol–water partition coefficient (Wildman–Crippen LogP) is 0.781. The van der Waals surface area contributed by atoms with Gasteiger partial charge in [-0.1, -0.05) is 6.07 Å². The molecule has 1 amide bonds. The summed E-state index contributed by atoms with van der Waals surface area (Å²) in [5.41, 5.74) is -0.00284. The molecule has 104 valence electrons. The molecule has 0 spiro atoms. The number of nitrogens with zero attached hydrogens (tertiary/aromatic N) is 1. The molecule has 5 nitrogen and oxygen atoms in total. The summed E-state index contributed by atoms with van der Waals surface area (Å²) in [5.74, 6) is 0.452. The van der Waals surface area contributed by atoms with Gasteiger partial charge in [0.2, 0.25) is 11.5 Å². The molecule has 5 heteroatoms. The Hall–Kier alpha value is -1.62. The molecular formula is C14H20N2O3. The van der Waals surface area contributed by atoms with Crippen LogP contribution in [0.25, 0.3) is 0 Å². The Bertz CT molecular complexity index is 464. The Morgan fingerprint density at radius 1 is 1.47 bits per heavy atom. The first kappa shape index (κ1) is 13.8. The van der Waals surface area contributed by atoms with Crippen molar-refractivity contribution in [3.8, 4) is 0 Å². The fourth-order valence-corrected chi connectivity index (χ4v) is 2.20. The first-order valence-electron chi connectivity index (χ1n) is 6.75. The summed E-state index contributed by atoms with van der Waals surface area (Å²) in [6.07, 6.45) is 4.05. The number of amides is 1. The lowest BCUT2D eigenvalue weighted by atomic mass is 10.1. The minimum atomic E-state index is -0.00284. The zero-order valence-corrected chi connectivity index (χ0v) is 11.0. The summed E-state index contributed by atoms with van der Waals surface area (Å²) in [5, 5.41) is 2.89. The number of carbonyl (C=O) groups excluding carboxylic acids is 1. The molecule has 2 rings (SSSR count). The summed E-state index contributed by atoms with van der Waals surface area (Å²) in [6, 6.07) is 5.10. The highest BCUT2D eigenvalue weighted by Gasteiger charge is 2.18. The van der Waals surface area contributed by atoms with E-state index in [1.165, 1.54) is 0 Å². The fourth-order valence-electron chi connectivity index (χ4n) is 2.20. The summed E-state index contributed by atoms with van der Waals surface area (Å²) in [7, 11) is 0. The fraction of sp³-hybridized carbons (Fsp3) is 0.571. The normalized spacial score (nSPS) is 18.4. The van der Waals surface area contributed by atoms with Gasteiger partial charge in [0.05, 0.1) is 0 Å². The molecule has 1 N–H and O–H groups in total. The Labute approximate surface area is 112 Å². The van der Waals surface area contributed by atoms with E-state index >= 15 is 0 Å². The molecule has 2 heterocycles. The number of pyridine rings is 1. The van der Waals surface area contributed by atoms with Crippen LogP contribution in [0.15, 0.2) is 29.2 Å². The third-order valence-electron chi connectivity index (χ3n) is 3.30. The standard InChI is InChI=1S/C14H20N2O3/c17-13(10-12-5-9-19-11-12)15-6-3-8-16-7-2-1-4-14(16)18/h1-2,4,7,12H,3,5-6,8-11H2,(H,15,17)/t12-/m0/s1. The van der Waals surface area contributed by atoms with E-state index in [0.717, 1.165) is 19.4 Å². The minimum Gasteiger partial charge on any atom is -0.381 e. The summed E-state index contributed by atoms with van der Waals surface area (Å²) in [4.78, 5) is 23.1. The van der Waals surface area contributed by atoms with Crippen molar-refractivity contribution in [2.45, 2.75) is 25.8 Å². The maximum absolute atomic E-state index is 11.6. The van der Waals surface area contributed by atoms with Crippen LogP contribution in [-0.2, 0) is 16.1 Å².